The molecule has 3 heteroatoms. The Balaban J connectivity index is 4.48. The molecule has 0 aromatic carbocycles. The Bertz CT molecular complexity index is 156. The highest BCUT2D eigenvalue weighted by molar-refractivity contribution is 7.80. The van der Waals surface area contributed by atoms with E-state index in [2.05, 4.69) is 26.5 Å². The molecule has 0 fully saturated rings. The van der Waals surface area contributed by atoms with Crippen molar-refractivity contribution in [2.75, 3.05) is 5.75 Å². The van der Waals surface area contributed by atoms with Gasteiger partial charge in [0, 0.05) is 5.92 Å². The fourth-order valence-electron chi connectivity index (χ4n) is 2.18. The van der Waals surface area contributed by atoms with Gasteiger partial charge in [-0.3, -0.25) is 0 Å². The summed E-state index contributed by atoms with van der Waals surface area (Å²) in [5.41, 5.74) is 0.0228. The molecule has 0 spiro atoms. The van der Waals surface area contributed by atoms with Crippen molar-refractivity contribution in [3.63, 3.8) is 0 Å². The Labute approximate surface area is 98.2 Å². The molecule has 0 heterocycles. The molecule has 0 saturated heterocycles. The minimum absolute atomic E-state index is 0.0228. The van der Waals surface area contributed by atoms with Crippen LogP contribution in [-0.4, -0.2) is 12.2 Å². The quantitative estimate of drug-likeness (QED) is 0.577. The second-order valence-electron chi connectivity index (χ2n) is 4.47. The summed E-state index contributed by atoms with van der Waals surface area (Å²) in [4.78, 5) is 0. The molecule has 0 saturated carbocycles. The molecule has 0 aliphatic carbocycles. The third kappa shape index (κ3) is 4.71. The molecule has 0 N–H and O–H groups in total. The number of hydrogen-bond donors (Lipinski definition) is 1. The predicted molar refractivity (Wildman–Crippen MR) is 65.9 cm³/mol. The second-order valence-corrected chi connectivity index (χ2v) is 4.78. The van der Waals surface area contributed by atoms with Gasteiger partial charge in [0.15, 0.2) is 0 Å². The van der Waals surface area contributed by atoms with Gasteiger partial charge in [-0.2, -0.15) is 12.6 Å². The Hall–Kier alpha value is 0.210. The van der Waals surface area contributed by atoms with E-state index in [0.29, 0.717) is 12.8 Å². The number of alkyl halides is 2. The van der Waals surface area contributed by atoms with Crippen molar-refractivity contribution in [1.29, 1.82) is 0 Å². The molecule has 0 aromatic rings. The first-order valence-corrected chi connectivity index (χ1v) is 6.57. The van der Waals surface area contributed by atoms with E-state index in [9.17, 15) is 8.78 Å². The van der Waals surface area contributed by atoms with Gasteiger partial charge in [-0.05, 0) is 36.9 Å². The standard InChI is InChI=1S/C12H24F2S/c1-4-7-12(6-3,9-15)8-10(5-2)11(13)14/h10-11,15H,4-9H2,1-3H3. The first-order valence-electron chi connectivity index (χ1n) is 5.94. The predicted octanol–water partition coefficient (Wildman–Crippen LogP) is 4.79. The van der Waals surface area contributed by atoms with Crippen molar-refractivity contribution in [1.82, 2.24) is 0 Å². The van der Waals surface area contributed by atoms with Crippen LogP contribution < -0.4 is 0 Å². The molecule has 92 valence electrons. The number of thiol groups is 1. The van der Waals surface area contributed by atoms with Crippen LogP contribution in [0.25, 0.3) is 0 Å². The zero-order valence-electron chi connectivity index (χ0n) is 10.1. The zero-order chi connectivity index (χ0) is 11.9. The van der Waals surface area contributed by atoms with Crippen molar-refractivity contribution in [2.24, 2.45) is 11.3 Å². The topological polar surface area (TPSA) is 0 Å². The monoisotopic (exact) mass is 238 g/mol. The molecule has 0 aliphatic rings. The fraction of sp³-hybridized carbons (Fsp3) is 1.00. The lowest BCUT2D eigenvalue weighted by molar-refractivity contribution is 0.0423. The van der Waals surface area contributed by atoms with Gasteiger partial charge in [0.25, 0.3) is 0 Å². The summed E-state index contributed by atoms with van der Waals surface area (Å²) in [5, 5.41) is 0. The summed E-state index contributed by atoms with van der Waals surface area (Å²) >= 11 is 4.35. The van der Waals surface area contributed by atoms with Crippen LogP contribution in [0.5, 0.6) is 0 Å². The Morgan fingerprint density at radius 2 is 1.80 bits per heavy atom. The summed E-state index contributed by atoms with van der Waals surface area (Å²) < 4.78 is 25.4. The molecular weight excluding hydrogens is 214 g/mol. The van der Waals surface area contributed by atoms with E-state index in [1.807, 2.05) is 6.92 Å². The Morgan fingerprint density at radius 3 is 2.07 bits per heavy atom. The third-order valence-electron chi connectivity index (χ3n) is 3.44. The number of hydrogen-bond acceptors (Lipinski definition) is 1. The van der Waals surface area contributed by atoms with Crippen LogP contribution in [0, 0.1) is 11.3 Å². The first-order chi connectivity index (χ1) is 7.05. The maximum Gasteiger partial charge on any atom is 0.241 e. The molecular formula is C12H24F2S. The van der Waals surface area contributed by atoms with Crippen LogP contribution in [-0.2, 0) is 0 Å². The lowest BCUT2D eigenvalue weighted by Gasteiger charge is -2.34. The highest BCUT2D eigenvalue weighted by atomic mass is 32.1. The van der Waals surface area contributed by atoms with E-state index in [1.54, 1.807) is 0 Å². The van der Waals surface area contributed by atoms with Gasteiger partial charge in [-0.1, -0.05) is 27.2 Å². The number of rotatable bonds is 8. The van der Waals surface area contributed by atoms with Gasteiger partial charge in [-0.25, -0.2) is 8.78 Å². The molecule has 2 unspecified atom stereocenters. The largest absolute Gasteiger partial charge is 0.241 e. The molecule has 0 radical (unpaired) electrons. The van der Waals surface area contributed by atoms with Gasteiger partial charge < -0.3 is 0 Å². The maximum absolute atomic E-state index is 12.7. The Kier molecular flexibility index (Phi) is 7.58. The molecule has 0 rings (SSSR count). The van der Waals surface area contributed by atoms with Crippen LogP contribution >= 0.6 is 12.6 Å². The zero-order valence-corrected chi connectivity index (χ0v) is 11.0. The molecule has 15 heavy (non-hydrogen) atoms. The first kappa shape index (κ1) is 15.2. The van der Waals surface area contributed by atoms with Crippen LogP contribution in [0.3, 0.4) is 0 Å². The Morgan fingerprint density at radius 1 is 1.20 bits per heavy atom. The number of halogens is 2. The van der Waals surface area contributed by atoms with E-state index < -0.39 is 12.3 Å². The summed E-state index contributed by atoms with van der Waals surface area (Å²) in [6.45, 7) is 6.04. The molecule has 0 nitrogen and oxygen atoms in total. The summed E-state index contributed by atoms with van der Waals surface area (Å²) in [5.74, 6) is 0.268. The molecule has 0 aliphatic heterocycles. The van der Waals surface area contributed by atoms with E-state index in [1.165, 1.54) is 0 Å². The molecule has 2 atom stereocenters. The average molecular weight is 238 g/mol. The lowest BCUT2D eigenvalue weighted by Crippen LogP contribution is -2.28. The minimum Gasteiger partial charge on any atom is -0.210 e. The second kappa shape index (κ2) is 7.48. The van der Waals surface area contributed by atoms with Crippen LogP contribution in [0.4, 0.5) is 8.78 Å². The van der Waals surface area contributed by atoms with Gasteiger partial charge in [0.05, 0.1) is 0 Å². The fourth-order valence-corrected chi connectivity index (χ4v) is 2.69. The van der Waals surface area contributed by atoms with E-state index in [0.717, 1.165) is 25.0 Å². The molecule has 0 amide bonds. The maximum atomic E-state index is 12.7. The van der Waals surface area contributed by atoms with E-state index in [-0.39, 0.29) is 5.41 Å². The molecule has 0 aromatic heterocycles. The van der Waals surface area contributed by atoms with Gasteiger partial charge in [-0.15, -0.1) is 0 Å². The SMILES string of the molecule is CCCC(CC)(CS)CC(CC)C(F)F. The molecule has 0 bridgehead atoms. The minimum atomic E-state index is -2.18. The highest BCUT2D eigenvalue weighted by Gasteiger charge is 2.32. The van der Waals surface area contributed by atoms with E-state index >= 15 is 0 Å². The van der Waals surface area contributed by atoms with Crippen molar-refractivity contribution < 1.29 is 8.78 Å². The normalized spacial score (nSPS) is 17.8. The highest BCUT2D eigenvalue weighted by Crippen LogP contribution is 2.39. The summed E-state index contributed by atoms with van der Waals surface area (Å²) in [6, 6.07) is 0. The van der Waals surface area contributed by atoms with Gasteiger partial charge in [0.2, 0.25) is 6.43 Å². The summed E-state index contributed by atoms with van der Waals surface area (Å²) in [7, 11) is 0. The van der Waals surface area contributed by atoms with Gasteiger partial charge >= 0.3 is 0 Å². The van der Waals surface area contributed by atoms with E-state index in [4.69, 9.17) is 0 Å². The van der Waals surface area contributed by atoms with Crippen molar-refractivity contribution in [3.05, 3.63) is 0 Å². The van der Waals surface area contributed by atoms with Crippen molar-refractivity contribution >= 4 is 12.6 Å². The van der Waals surface area contributed by atoms with Crippen LogP contribution in [0.15, 0.2) is 0 Å². The smallest absolute Gasteiger partial charge is 0.210 e. The van der Waals surface area contributed by atoms with Gasteiger partial charge in [0.1, 0.15) is 0 Å². The lowest BCUT2D eigenvalue weighted by atomic mass is 9.75. The van der Waals surface area contributed by atoms with Crippen molar-refractivity contribution in [3.8, 4) is 0 Å². The van der Waals surface area contributed by atoms with Crippen molar-refractivity contribution in [2.45, 2.75) is 59.3 Å². The summed E-state index contributed by atoms with van der Waals surface area (Å²) in [6.07, 6.45) is 2.02. The van der Waals surface area contributed by atoms with Crippen LogP contribution in [0.1, 0.15) is 52.9 Å². The van der Waals surface area contributed by atoms with Crippen LogP contribution in [0.2, 0.25) is 0 Å². The third-order valence-corrected chi connectivity index (χ3v) is 4.11. The average Bonchev–Trinajstić information content (AvgIpc) is 2.24.